The topological polar surface area (TPSA) is 43.4 Å². The summed E-state index contributed by atoms with van der Waals surface area (Å²) < 4.78 is 28.5. The average Bonchev–Trinajstić information content (AvgIpc) is 2.40. The Hall–Kier alpha value is -1.04. The lowest BCUT2D eigenvalue weighted by Crippen LogP contribution is -1.96. The van der Waals surface area contributed by atoms with Gasteiger partial charge in [0.25, 0.3) is 0 Å². The molecule has 0 atom stereocenters. The minimum Gasteiger partial charge on any atom is -0.455 e. The molecule has 0 aliphatic carbocycles. The van der Waals surface area contributed by atoms with Crippen molar-refractivity contribution < 1.29 is 13.2 Å². The fourth-order valence-corrected chi connectivity index (χ4v) is 2.95. The Bertz CT molecular complexity index is 712. The van der Waals surface area contributed by atoms with E-state index in [1.807, 2.05) is 12.1 Å². The Morgan fingerprint density at radius 2 is 1.80 bits per heavy atom. The Balaban J connectivity index is 2.32. The van der Waals surface area contributed by atoms with Gasteiger partial charge in [0.2, 0.25) is 0 Å². The monoisotopic (exact) mass is 374 g/mol. The van der Waals surface area contributed by atoms with Crippen LogP contribution in [0.4, 0.5) is 0 Å². The van der Waals surface area contributed by atoms with E-state index in [0.717, 1.165) is 5.56 Å². The molecule has 0 saturated heterocycles. The number of ether oxygens (including phenoxy) is 1. The van der Waals surface area contributed by atoms with Gasteiger partial charge in [0.05, 0.1) is 9.92 Å². The molecule has 20 heavy (non-hydrogen) atoms. The van der Waals surface area contributed by atoms with Gasteiger partial charge < -0.3 is 4.74 Å². The molecule has 6 heteroatoms. The van der Waals surface area contributed by atoms with Crippen LogP contribution in [-0.4, -0.2) is 14.7 Å². The summed E-state index contributed by atoms with van der Waals surface area (Å²) in [6, 6.07) is 11.7. The number of sulfone groups is 1. The molecule has 0 bridgehead atoms. The van der Waals surface area contributed by atoms with Crippen molar-refractivity contribution in [1.29, 1.82) is 0 Å². The lowest BCUT2D eigenvalue weighted by molar-refractivity contribution is 0.478. The lowest BCUT2D eigenvalue weighted by atomic mass is 10.2. The maximum Gasteiger partial charge on any atom is 0.175 e. The van der Waals surface area contributed by atoms with Crippen LogP contribution < -0.4 is 4.74 Å². The van der Waals surface area contributed by atoms with E-state index in [-0.39, 0.29) is 4.90 Å². The third-order valence-electron chi connectivity index (χ3n) is 2.66. The summed E-state index contributed by atoms with van der Waals surface area (Å²) in [7, 11) is -3.20. The van der Waals surface area contributed by atoms with E-state index in [4.69, 9.17) is 16.3 Å². The molecule has 0 fully saturated rings. The molecule has 0 amide bonds. The van der Waals surface area contributed by atoms with Crippen molar-refractivity contribution in [3.63, 3.8) is 0 Å². The fraction of sp³-hybridized carbons (Fsp3) is 0.143. The van der Waals surface area contributed by atoms with Crippen molar-refractivity contribution >= 4 is 37.4 Å². The van der Waals surface area contributed by atoms with Crippen LogP contribution in [0.25, 0.3) is 0 Å². The number of hydrogen-bond donors (Lipinski definition) is 0. The number of rotatable bonds is 4. The molecule has 106 valence electrons. The molecule has 0 radical (unpaired) electrons. The summed E-state index contributed by atoms with van der Waals surface area (Å²) in [5.41, 5.74) is 0.921. The van der Waals surface area contributed by atoms with E-state index in [1.54, 1.807) is 18.2 Å². The fourth-order valence-electron chi connectivity index (χ4n) is 1.65. The second kappa shape index (κ2) is 6.16. The van der Waals surface area contributed by atoms with Crippen LogP contribution in [-0.2, 0) is 15.2 Å². The molecule has 0 saturated carbocycles. The van der Waals surface area contributed by atoms with Crippen LogP contribution in [0.15, 0.2) is 47.4 Å². The second-order valence-electron chi connectivity index (χ2n) is 4.21. The van der Waals surface area contributed by atoms with Gasteiger partial charge in [-0.15, -0.1) is 0 Å². The van der Waals surface area contributed by atoms with Crippen molar-refractivity contribution in [1.82, 2.24) is 0 Å². The zero-order valence-corrected chi connectivity index (χ0v) is 13.8. The second-order valence-corrected chi connectivity index (χ2v) is 7.19. The number of benzene rings is 2. The van der Waals surface area contributed by atoms with Crippen molar-refractivity contribution in [2.24, 2.45) is 0 Å². The summed E-state index contributed by atoms with van der Waals surface area (Å²) in [6.07, 6.45) is 1.17. The third kappa shape index (κ3) is 3.53. The van der Waals surface area contributed by atoms with Crippen LogP contribution in [0.5, 0.6) is 11.5 Å². The zero-order valence-electron chi connectivity index (χ0n) is 10.6. The largest absolute Gasteiger partial charge is 0.455 e. The highest BCUT2D eigenvalue weighted by Gasteiger charge is 2.10. The SMILES string of the molecule is CS(=O)(=O)c1ccc(Oc2c(Cl)cccc2CBr)cc1. The molecule has 3 nitrogen and oxygen atoms in total. The number of alkyl halides is 1. The molecule has 0 spiro atoms. The molecule has 0 aliphatic heterocycles. The Kier molecular flexibility index (Phi) is 4.73. The van der Waals surface area contributed by atoms with Crippen LogP contribution in [0, 0.1) is 0 Å². The normalized spacial score (nSPS) is 11.3. The van der Waals surface area contributed by atoms with E-state index in [9.17, 15) is 8.42 Å². The highest BCUT2D eigenvalue weighted by Crippen LogP contribution is 2.34. The Labute approximate surface area is 131 Å². The molecule has 2 aromatic rings. The molecule has 0 aromatic heterocycles. The summed E-state index contributed by atoms with van der Waals surface area (Å²) in [6.45, 7) is 0. The average molecular weight is 376 g/mol. The van der Waals surface area contributed by atoms with Crippen molar-refractivity contribution in [3.05, 3.63) is 53.1 Å². The van der Waals surface area contributed by atoms with Gasteiger partial charge in [-0.05, 0) is 30.3 Å². The van der Waals surface area contributed by atoms with E-state index >= 15 is 0 Å². The number of hydrogen-bond acceptors (Lipinski definition) is 3. The van der Waals surface area contributed by atoms with Gasteiger partial charge in [-0.3, -0.25) is 0 Å². The van der Waals surface area contributed by atoms with Gasteiger partial charge in [0.15, 0.2) is 9.84 Å². The molecule has 0 aliphatic rings. The van der Waals surface area contributed by atoms with Crippen molar-refractivity contribution in [2.45, 2.75) is 10.2 Å². The third-order valence-corrected chi connectivity index (χ3v) is 4.69. The van der Waals surface area contributed by atoms with Gasteiger partial charge >= 0.3 is 0 Å². The smallest absolute Gasteiger partial charge is 0.175 e. The highest BCUT2D eigenvalue weighted by atomic mass is 79.9. The molecule has 0 unspecified atom stereocenters. The summed E-state index contributed by atoms with van der Waals surface area (Å²) in [4.78, 5) is 0.254. The molecule has 2 rings (SSSR count). The molecule has 0 heterocycles. The predicted molar refractivity (Wildman–Crippen MR) is 83.7 cm³/mol. The Morgan fingerprint density at radius 1 is 1.15 bits per heavy atom. The lowest BCUT2D eigenvalue weighted by Gasteiger charge is -2.11. The minimum absolute atomic E-state index is 0.254. The van der Waals surface area contributed by atoms with Crippen LogP contribution >= 0.6 is 27.5 Å². The highest BCUT2D eigenvalue weighted by molar-refractivity contribution is 9.08. The van der Waals surface area contributed by atoms with E-state index < -0.39 is 9.84 Å². The molecular weight excluding hydrogens is 364 g/mol. The van der Waals surface area contributed by atoms with Gasteiger partial charge in [0, 0.05) is 17.1 Å². The van der Waals surface area contributed by atoms with E-state index in [1.165, 1.54) is 18.4 Å². The van der Waals surface area contributed by atoms with Crippen LogP contribution in [0.2, 0.25) is 5.02 Å². The van der Waals surface area contributed by atoms with Crippen LogP contribution in [0.3, 0.4) is 0 Å². The predicted octanol–water partition coefficient (Wildman–Crippen LogP) is 4.43. The van der Waals surface area contributed by atoms with Crippen molar-refractivity contribution in [3.8, 4) is 11.5 Å². The number of halogens is 2. The summed E-state index contributed by atoms with van der Waals surface area (Å²) >= 11 is 9.50. The first-order valence-electron chi connectivity index (χ1n) is 5.73. The maximum atomic E-state index is 11.4. The Morgan fingerprint density at radius 3 is 2.35 bits per heavy atom. The molecule has 2 aromatic carbocycles. The van der Waals surface area contributed by atoms with Gasteiger partial charge in [-0.1, -0.05) is 39.7 Å². The first kappa shape index (κ1) is 15.4. The standard InChI is InChI=1S/C14H12BrClO3S/c1-20(17,18)12-7-5-11(6-8-12)19-14-10(9-15)3-2-4-13(14)16/h2-8H,9H2,1H3. The maximum absolute atomic E-state index is 11.4. The first-order valence-corrected chi connectivity index (χ1v) is 9.12. The summed E-state index contributed by atoms with van der Waals surface area (Å²) in [5.74, 6) is 1.10. The zero-order chi connectivity index (χ0) is 14.8. The molecular formula is C14H12BrClO3S. The number of para-hydroxylation sites is 1. The van der Waals surface area contributed by atoms with E-state index in [2.05, 4.69) is 15.9 Å². The summed E-state index contributed by atoms with van der Waals surface area (Å²) in [5, 5.41) is 1.12. The minimum atomic E-state index is -3.20. The van der Waals surface area contributed by atoms with Crippen LogP contribution in [0.1, 0.15) is 5.56 Å². The van der Waals surface area contributed by atoms with Gasteiger partial charge in [-0.2, -0.15) is 0 Å². The first-order chi connectivity index (χ1) is 9.41. The van der Waals surface area contributed by atoms with Gasteiger partial charge in [0.1, 0.15) is 11.5 Å². The molecule has 0 N–H and O–H groups in total. The van der Waals surface area contributed by atoms with Gasteiger partial charge in [-0.25, -0.2) is 8.42 Å². The quantitative estimate of drug-likeness (QED) is 0.742. The van der Waals surface area contributed by atoms with E-state index in [0.29, 0.717) is 21.9 Å². The van der Waals surface area contributed by atoms with Crippen molar-refractivity contribution in [2.75, 3.05) is 6.26 Å².